The van der Waals surface area contributed by atoms with Crippen LogP contribution in [-0.2, 0) is 9.53 Å². The van der Waals surface area contributed by atoms with Crippen LogP contribution < -0.4 is 0 Å². The van der Waals surface area contributed by atoms with Crippen LogP contribution in [0.25, 0.3) is 5.57 Å². The first-order chi connectivity index (χ1) is 7.81. The Morgan fingerprint density at radius 3 is 3.12 bits per heavy atom. The Bertz CT molecular complexity index is 384. The highest BCUT2D eigenvalue weighted by atomic mass is 32.1. The third kappa shape index (κ3) is 2.50. The minimum absolute atomic E-state index is 0.0451. The average Bonchev–Trinajstić information content (AvgIpc) is 2.83. The van der Waals surface area contributed by atoms with Gasteiger partial charge in [0.1, 0.15) is 5.01 Å². The van der Waals surface area contributed by atoms with Crippen molar-refractivity contribution >= 4 is 22.9 Å². The van der Waals surface area contributed by atoms with Crippen LogP contribution in [0.15, 0.2) is 17.7 Å². The number of rotatable bonds is 3. The van der Waals surface area contributed by atoms with Gasteiger partial charge in [-0.3, -0.25) is 4.79 Å². The summed E-state index contributed by atoms with van der Waals surface area (Å²) in [5, 5.41) is 3.07. The highest BCUT2D eigenvalue weighted by Gasteiger charge is 2.23. The summed E-state index contributed by atoms with van der Waals surface area (Å²) >= 11 is 1.65. The van der Waals surface area contributed by atoms with E-state index in [9.17, 15) is 4.79 Å². The van der Waals surface area contributed by atoms with Crippen molar-refractivity contribution in [3.8, 4) is 0 Å². The Labute approximate surface area is 99.2 Å². The molecule has 1 aliphatic rings. The van der Waals surface area contributed by atoms with Crippen LogP contribution in [0.3, 0.4) is 0 Å². The zero-order valence-corrected chi connectivity index (χ0v) is 10.1. The smallest absolute Gasteiger partial charge is 0.309 e. The van der Waals surface area contributed by atoms with Gasteiger partial charge in [0.15, 0.2) is 0 Å². The van der Waals surface area contributed by atoms with Gasteiger partial charge in [-0.2, -0.15) is 0 Å². The summed E-state index contributed by atoms with van der Waals surface area (Å²) in [5.41, 5.74) is 1.27. The van der Waals surface area contributed by atoms with E-state index in [1.165, 1.54) is 5.57 Å². The van der Waals surface area contributed by atoms with E-state index in [4.69, 9.17) is 4.74 Å². The van der Waals surface area contributed by atoms with Crippen molar-refractivity contribution in [2.24, 2.45) is 5.92 Å². The van der Waals surface area contributed by atoms with Crippen molar-refractivity contribution in [2.75, 3.05) is 6.61 Å². The van der Waals surface area contributed by atoms with Gasteiger partial charge in [-0.25, -0.2) is 4.98 Å². The van der Waals surface area contributed by atoms with Crippen molar-refractivity contribution in [3.05, 3.63) is 22.7 Å². The fourth-order valence-electron chi connectivity index (χ4n) is 1.88. The van der Waals surface area contributed by atoms with E-state index >= 15 is 0 Å². The number of thiazole rings is 1. The highest BCUT2D eigenvalue weighted by molar-refractivity contribution is 7.10. The fourth-order valence-corrected chi connectivity index (χ4v) is 2.59. The van der Waals surface area contributed by atoms with E-state index in [1.807, 2.05) is 18.5 Å². The molecule has 0 unspecified atom stereocenters. The number of aromatic nitrogens is 1. The molecule has 0 amide bonds. The number of allylic oxidation sites excluding steroid dienone is 2. The Morgan fingerprint density at radius 2 is 2.56 bits per heavy atom. The second-order valence-corrected chi connectivity index (χ2v) is 4.68. The van der Waals surface area contributed by atoms with Gasteiger partial charge in [-0.1, -0.05) is 6.08 Å². The average molecular weight is 237 g/mol. The van der Waals surface area contributed by atoms with E-state index in [1.54, 1.807) is 11.3 Å². The van der Waals surface area contributed by atoms with E-state index < -0.39 is 0 Å². The molecule has 1 aliphatic carbocycles. The van der Waals surface area contributed by atoms with E-state index in [-0.39, 0.29) is 11.9 Å². The molecule has 0 bridgehead atoms. The van der Waals surface area contributed by atoms with Crippen LogP contribution >= 0.6 is 11.3 Å². The molecule has 0 aromatic carbocycles. The summed E-state index contributed by atoms with van der Waals surface area (Å²) < 4.78 is 5.03. The summed E-state index contributed by atoms with van der Waals surface area (Å²) in [6.07, 6.45) is 6.54. The first-order valence-corrected chi connectivity index (χ1v) is 6.44. The lowest BCUT2D eigenvalue weighted by Crippen LogP contribution is -2.19. The second kappa shape index (κ2) is 5.25. The number of esters is 1. The molecule has 16 heavy (non-hydrogen) atoms. The zero-order chi connectivity index (χ0) is 11.4. The third-order valence-corrected chi connectivity index (χ3v) is 3.59. The molecule has 1 aromatic heterocycles. The Kier molecular flexibility index (Phi) is 3.72. The number of carbonyl (C=O) groups is 1. The quantitative estimate of drug-likeness (QED) is 0.759. The van der Waals surface area contributed by atoms with Gasteiger partial charge < -0.3 is 4.74 Å². The maximum Gasteiger partial charge on any atom is 0.309 e. The topological polar surface area (TPSA) is 39.2 Å². The van der Waals surface area contributed by atoms with Crippen molar-refractivity contribution < 1.29 is 9.53 Å². The lowest BCUT2D eigenvalue weighted by Gasteiger charge is -2.19. The molecule has 0 radical (unpaired) electrons. The SMILES string of the molecule is CCOC(=O)[C@@H]1CC=C(c2nccs2)CC1. The minimum Gasteiger partial charge on any atom is -0.466 e. The monoisotopic (exact) mass is 237 g/mol. The second-order valence-electron chi connectivity index (χ2n) is 3.79. The van der Waals surface area contributed by atoms with Gasteiger partial charge in [0, 0.05) is 11.6 Å². The lowest BCUT2D eigenvalue weighted by atomic mass is 9.90. The summed E-state index contributed by atoms with van der Waals surface area (Å²) in [6, 6.07) is 0. The molecule has 3 nitrogen and oxygen atoms in total. The Hall–Kier alpha value is -1.16. The molecule has 2 rings (SSSR count). The number of carbonyl (C=O) groups excluding carboxylic acids is 1. The van der Waals surface area contributed by atoms with E-state index in [0.717, 1.165) is 24.3 Å². The Morgan fingerprint density at radius 1 is 1.69 bits per heavy atom. The summed E-state index contributed by atoms with van der Waals surface area (Å²) in [5.74, 6) is -0.0133. The summed E-state index contributed by atoms with van der Waals surface area (Å²) in [7, 11) is 0. The molecule has 0 N–H and O–H groups in total. The van der Waals surface area contributed by atoms with Gasteiger partial charge in [0.25, 0.3) is 0 Å². The molecule has 1 aromatic rings. The molecule has 86 valence electrons. The fraction of sp³-hybridized carbons (Fsp3) is 0.500. The first kappa shape index (κ1) is 11.3. The van der Waals surface area contributed by atoms with Gasteiger partial charge in [0.05, 0.1) is 12.5 Å². The number of ether oxygens (including phenoxy) is 1. The maximum atomic E-state index is 11.5. The standard InChI is InChI=1S/C12H15NO2S/c1-2-15-12(14)10-5-3-9(4-6-10)11-13-7-8-16-11/h3,7-8,10H,2,4-6H2,1H3/t10-/m1/s1. The number of nitrogens with zero attached hydrogens (tertiary/aromatic N) is 1. The van der Waals surface area contributed by atoms with Crippen LogP contribution in [0, 0.1) is 5.92 Å². The molecule has 1 heterocycles. The predicted molar refractivity (Wildman–Crippen MR) is 64.1 cm³/mol. The van der Waals surface area contributed by atoms with Crippen LogP contribution in [0.5, 0.6) is 0 Å². The van der Waals surface area contributed by atoms with Crippen molar-refractivity contribution in [3.63, 3.8) is 0 Å². The van der Waals surface area contributed by atoms with Crippen LogP contribution in [0.4, 0.5) is 0 Å². The minimum atomic E-state index is -0.0584. The molecule has 0 aliphatic heterocycles. The van der Waals surface area contributed by atoms with Crippen LogP contribution in [0.1, 0.15) is 31.2 Å². The zero-order valence-electron chi connectivity index (χ0n) is 9.31. The van der Waals surface area contributed by atoms with E-state index in [0.29, 0.717) is 6.61 Å². The molecule has 1 atom stereocenters. The number of hydrogen-bond donors (Lipinski definition) is 0. The van der Waals surface area contributed by atoms with Gasteiger partial charge >= 0.3 is 5.97 Å². The highest BCUT2D eigenvalue weighted by Crippen LogP contribution is 2.31. The maximum absolute atomic E-state index is 11.5. The molecular weight excluding hydrogens is 222 g/mol. The summed E-state index contributed by atoms with van der Waals surface area (Å²) in [4.78, 5) is 15.8. The predicted octanol–water partition coefficient (Wildman–Crippen LogP) is 2.89. The molecular formula is C12H15NO2S. The Balaban J connectivity index is 1.97. The molecule has 0 saturated heterocycles. The number of hydrogen-bond acceptors (Lipinski definition) is 4. The lowest BCUT2D eigenvalue weighted by molar-refractivity contribution is -0.148. The molecule has 0 fully saturated rings. The van der Waals surface area contributed by atoms with Crippen molar-refractivity contribution in [1.82, 2.24) is 4.98 Å². The molecule has 0 spiro atoms. The third-order valence-electron chi connectivity index (χ3n) is 2.74. The van der Waals surface area contributed by atoms with Crippen molar-refractivity contribution in [2.45, 2.75) is 26.2 Å². The normalized spacial score (nSPS) is 20.3. The van der Waals surface area contributed by atoms with Crippen LogP contribution in [-0.4, -0.2) is 17.6 Å². The van der Waals surface area contributed by atoms with Crippen molar-refractivity contribution in [1.29, 1.82) is 0 Å². The van der Waals surface area contributed by atoms with Gasteiger partial charge in [-0.05, 0) is 31.8 Å². The van der Waals surface area contributed by atoms with Crippen LogP contribution in [0.2, 0.25) is 0 Å². The van der Waals surface area contributed by atoms with E-state index in [2.05, 4.69) is 11.1 Å². The first-order valence-electron chi connectivity index (χ1n) is 5.56. The molecule has 0 saturated carbocycles. The van der Waals surface area contributed by atoms with Gasteiger partial charge in [-0.15, -0.1) is 11.3 Å². The largest absolute Gasteiger partial charge is 0.466 e. The molecule has 4 heteroatoms. The summed E-state index contributed by atoms with van der Waals surface area (Å²) in [6.45, 7) is 2.32. The van der Waals surface area contributed by atoms with Gasteiger partial charge in [0.2, 0.25) is 0 Å².